The molecule has 0 unspecified atom stereocenters. The van der Waals surface area contributed by atoms with Crippen LogP contribution in [0.3, 0.4) is 0 Å². The zero-order valence-electron chi connectivity index (χ0n) is 53.7. The van der Waals surface area contributed by atoms with E-state index in [1.54, 1.807) is 0 Å². The summed E-state index contributed by atoms with van der Waals surface area (Å²) in [6.45, 7) is 28.2. The van der Waals surface area contributed by atoms with Gasteiger partial charge in [0.25, 0.3) is 0 Å². The second-order valence-corrected chi connectivity index (χ2v) is 28.6. The smallest absolute Gasteiger partial charge is 0.165 e. The Hall–Kier alpha value is -0.440. The van der Waals surface area contributed by atoms with Gasteiger partial charge in [0.15, 0.2) is 20.2 Å². The van der Waals surface area contributed by atoms with Crippen molar-refractivity contribution in [2.24, 2.45) is 27.1 Å². The third-order valence-electron chi connectivity index (χ3n) is 16.9. The maximum atomic E-state index is 6.85. The van der Waals surface area contributed by atoms with Crippen molar-refractivity contribution in [3.05, 3.63) is 0 Å². The van der Waals surface area contributed by atoms with Gasteiger partial charge in [-0.05, 0) is 74.6 Å². The molecular formula is C69H132O4S4. The van der Waals surface area contributed by atoms with Crippen molar-refractivity contribution >= 4 is 69.1 Å². The number of thiocarbonyl (C=S) groups is 4. The van der Waals surface area contributed by atoms with Crippen molar-refractivity contribution in [1.82, 2.24) is 0 Å². The molecule has 0 fully saturated rings. The molecule has 0 rings (SSSR count). The van der Waals surface area contributed by atoms with Crippen LogP contribution in [0.5, 0.6) is 0 Å². The van der Waals surface area contributed by atoms with Gasteiger partial charge in [-0.1, -0.05) is 340 Å². The highest BCUT2D eigenvalue weighted by molar-refractivity contribution is 7.80. The van der Waals surface area contributed by atoms with Crippen LogP contribution in [0.1, 0.15) is 366 Å². The minimum atomic E-state index is -0.789. The fourth-order valence-electron chi connectivity index (χ4n) is 10.5. The van der Waals surface area contributed by atoms with E-state index in [0.29, 0.717) is 20.2 Å². The molecule has 0 radical (unpaired) electrons. The van der Waals surface area contributed by atoms with Gasteiger partial charge in [0.2, 0.25) is 0 Å². The van der Waals surface area contributed by atoms with Gasteiger partial charge in [0.1, 0.15) is 31.8 Å². The Labute approximate surface area is 503 Å². The van der Waals surface area contributed by atoms with Gasteiger partial charge in [-0.2, -0.15) is 0 Å². The molecule has 0 aromatic rings. The molecular weight excluding hydrogens is 1020 g/mol. The second kappa shape index (κ2) is 48.0. The monoisotopic (exact) mass is 1150 g/mol. The first kappa shape index (κ1) is 76.6. The molecule has 0 bridgehead atoms. The highest BCUT2D eigenvalue weighted by atomic mass is 32.1. The van der Waals surface area contributed by atoms with Crippen LogP contribution in [0.15, 0.2) is 0 Å². The highest BCUT2D eigenvalue weighted by Crippen LogP contribution is 2.35. The van der Waals surface area contributed by atoms with Crippen LogP contribution in [0, 0.1) is 27.1 Å². The number of ether oxygens (including phenoxy) is 4. The maximum Gasteiger partial charge on any atom is 0.165 e. The van der Waals surface area contributed by atoms with E-state index >= 15 is 0 Å². The van der Waals surface area contributed by atoms with Crippen molar-refractivity contribution in [3.8, 4) is 0 Å². The maximum absolute atomic E-state index is 6.85. The minimum absolute atomic E-state index is 0.262. The fraction of sp³-hybridized carbons (Fsp3) is 0.942. The molecule has 0 aromatic heterocycles. The van der Waals surface area contributed by atoms with E-state index in [1.807, 2.05) is 0 Å². The molecule has 0 aliphatic carbocycles. The van der Waals surface area contributed by atoms with E-state index < -0.39 is 5.41 Å². The Balaban J connectivity index is 6.33. The normalized spacial score (nSPS) is 12.5. The molecule has 0 amide bonds. The number of unbranched alkanes of at least 4 members (excludes halogenated alkanes) is 36. The zero-order chi connectivity index (χ0) is 57.6. The van der Waals surface area contributed by atoms with Crippen molar-refractivity contribution in [1.29, 1.82) is 0 Å². The van der Waals surface area contributed by atoms with Crippen LogP contribution in [-0.2, 0) is 18.9 Å². The van der Waals surface area contributed by atoms with Gasteiger partial charge >= 0.3 is 0 Å². The lowest BCUT2D eigenvalue weighted by Crippen LogP contribution is -2.46. The van der Waals surface area contributed by atoms with Crippen LogP contribution >= 0.6 is 48.9 Å². The molecule has 0 aliphatic rings. The Morgan fingerprint density at radius 1 is 0.221 bits per heavy atom. The molecule has 0 heterocycles. The lowest BCUT2D eigenvalue weighted by Gasteiger charge is -2.38. The molecule has 77 heavy (non-hydrogen) atoms. The molecule has 456 valence electrons. The molecule has 0 atom stereocenters. The van der Waals surface area contributed by atoms with E-state index in [0.717, 1.165) is 51.4 Å². The first-order chi connectivity index (χ1) is 36.8. The molecule has 0 aliphatic heterocycles. The Morgan fingerprint density at radius 2 is 0.351 bits per heavy atom. The summed E-state index contributed by atoms with van der Waals surface area (Å²) in [7, 11) is 0. The average molecular weight is 1150 g/mol. The zero-order valence-corrected chi connectivity index (χ0v) is 57.0. The molecule has 4 nitrogen and oxygen atoms in total. The number of hydrogen-bond donors (Lipinski definition) is 0. The lowest BCUT2D eigenvalue weighted by atomic mass is 9.85. The molecule has 0 saturated carbocycles. The third-order valence-corrected chi connectivity index (χ3v) is 19.6. The summed E-state index contributed by atoms with van der Waals surface area (Å²) in [5.74, 6) is 0. The SMILES string of the molecule is CCCCCCCCCCCCC(C)(C)C(=S)OCC(COC(=S)C(C)(C)CCCCCCCCCCCC)(COC(=S)C(C)(C)CCCCCCCCCCCC)COC(=S)C(C)(C)CCCCCCCCCCCC. The summed E-state index contributed by atoms with van der Waals surface area (Å²) < 4.78 is 27.4. The second-order valence-electron chi connectivity index (χ2n) is 27.1. The predicted molar refractivity (Wildman–Crippen MR) is 358 cm³/mol. The summed E-state index contributed by atoms with van der Waals surface area (Å²) in [5, 5.41) is 2.53. The van der Waals surface area contributed by atoms with Crippen LogP contribution < -0.4 is 0 Å². The first-order valence-corrected chi connectivity index (χ1v) is 35.1. The highest BCUT2D eigenvalue weighted by Gasteiger charge is 2.41. The van der Waals surface area contributed by atoms with Crippen LogP contribution in [0.25, 0.3) is 0 Å². The summed E-state index contributed by atoms with van der Waals surface area (Å²) in [6.07, 6.45) is 56.5. The van der Waals surface area contributed by atoms with E-state index in [2.05, 4.69) is 83.1 Å². The van der Waals surface area contributed by atoms with Crippen molar-refractivity contribution in [2.75, 3.05) is 26.4 Å². The minimum Gasteiger partial charge on any atom is -0.485 e. The number of rotatable bonds is 56. The third kappa shape index (κ3) is 41.2. The average Bonchev–Trinajstić information content (AvgIpc) is 3.39. The first-order valence-electron chi connectivity index (χ1n) is 33.4. The van der Waals surface area contributed by atoms with Crippen LogP contribution in [-0.4, -0.2) is 46.6 Å². The summed E-state index contributed by atoms with van der Waals surface area (Å²) in [6, 6.07) is 0. The number of hydrogen-bond acceptors (Lipinski definition) is 8. The molecule has 0 spiro atoms. The van der Waals surface area contributed by atoms with Gasteiger partial charge in [-0.15, -0.1) is 0 Å². The van der Waals surface area contributed by atoms with Crippen LogP contribution in [0.4, 0.5) is 0 Å². The van der Waals surface area contributed by atoms with E-state index in [-0.39, 0.29) is 48.1 Å². The van der Waals surface area contributed by atoms with Gasteiger partial charge in [0, 0.05) is 21.7 Å². The largest absolute Gasteiger partial charge is 0.485 e. The molecule has 0 N–H and O–H groups in total. The quantitative estimate of drug-likeness (QED) is 0.0441. The Kier molecular flexibility index (Phi) is 47.7. The lowest BCUT2D eigenvalue weighted by molar-refractivity contribution is -0.0247. The van der Waals surface area contributed by atoms with E-state index in [1.165, 1.54) is 231 Å². The van der Waals surface area contributed by atoms with Crippen molar-refractivity contribution < 1.29 is 18.9 Å². The standard InChI is InChI=1S/C69H132O4S4/c1-13-17-21-25-29-33-37-41-45-49-53-65(5,6)61(74)70-57-69(58-71-62(75)66(7,8)54-50-46-42-38-34-30-26-22-18-14-2,59-72-63(76)67(9,10)55-51-47-43-39-35-31-27-23-19-15-3)60-73-64(77)68(11,12)56-52-48-44-40-36-32-28-24-20-16-4/h13-60H2,1-12H3. The molecule has 8 heteroatoms. The van der Waals surface area contributed by atoms with Crippen molar-refractivity contribution in [3.63, 3.8) is 0 Å². The van der Waals surface area contributed by atoms with Gasteiger partial charge in [-0.25, -0.2) is 0 Å². The predicted octanol–water partition coefficient (Wildman–Crippen LogP) is 24.7. The van der Waals surface area contributed by atoms with Gasteiger partial charge in [-0.3, -0.25) is 0 Å². The topological polar surface area (TPSA) is 36.9 Å². The van der Waals surface area contributed by atoms with Crippen LogP contribution in [0.2, 0.25) is 0 Å². The van der Waals surface area contributed by atoms with Gasteiger partial charge < -0.3 is 18.9 Å². The Morgan fingerprint density at radius 3 is 0.494 bits per heavy atom. The molecule has 0 saturated heterocycles. The van der Waals surface area contributed by atoms with Gasteiger partial charge in [0.05, 0.1) is 0 Å². The van der Waals surface area contributed by atoms with E-state index in [9.17, 15) is 0 Å². The Bertz CT molecular complexity index is 1220. The summed E-state index contributed by atoms with van der Waals surface area (Å²) in [4.78, 5) is 0. The van der Waals surface area contributed by atoms with E-state index in [4.69, 9.17) is 67.8 Å². The summed E-state index contributed by atoms with van der Waals surface area (Å²) in [5.41, 5.74) is -1.86. The fourth-order valence-corrected chi connectivity index (χ4v) is 11.2. The molecule has 0 aromatic carbocycles. The van der Waals surface area contributed by atoms with Crippen molar-refractivity contribution in [2.45, 2.75) is 366 Å². The summed E-state index contributed by atoms with van der Waals surface area (Å²) >= 11 is 24.9.